The van der Waals surface area contributed by atoms with Gasteiger partial charge >= 0.3 is 5.97 Å². The van der Waals surface area contributed by atoms with Crippen molar-refractivity contribution in [3.63, 3.8) is 0 Å². The SMILES string of the molecule is COc1cc(C=C(C(=O)O)c2ccc(Oc3ccc(CNC(=S)NC(C)=O)cc3)cc2)cc(OC)c1. The Hall–Kier alpha value is -4.37. The van der Waals surface area contributed by atoms with Crippen LogP contribution in [0.25, 0.3) is 11.6 Å². The number of amides is 1. The molecule has 3 rings (SSSR count). The van der Waals surface area contributed by atoms with Crippen LogP contribution in [0.5, 0.6) is 23.0 Å². The number of carbonyl (C=O) groups is 2. The fourth-order valence-electron chi connectivity index (χ4n) is 3.25. The summed E-state index contributed by atoms with van der Waals surface area (Å²) in [6.45, 7) is 1.85. The van der Waals surface area contributed by atoms with E-state index in [1.165, 1.54) is 21.1 Å². The van der Waals surface area contributed by atoms with E-state index < -0.39 is 5.97 Å². The number of hydrogen-bond acceptors (Lipinski definition) is 6. The van der Waals surface area contributed by atoms with Crippen LogP contribution in [-0.4, -0.2) is 36.3 Å². The van der Waals surface area contributed by atoms with Gasteiger partial charge in [0.25, 0.3) is 0 Å². The molecule has 0 aliphatic rings. The van der Waals surface area contributed by atoms with Gasteiger partial charge in [0.2, 0.25) is 5.91 Å². The Morgan fingerprint density at radius 2 is 1.44 bits per heavy atom. The van der Waals surface area contributed by atoms with Crippen molar-refractivity contribution in [2.75, 3.05) is 14.2 Å². The van der Waals surface area contributed by atoms with Gasteiger partial charge in [0.05, 0.1) is 19.8 Å². The second-order valence-electron chi connectivity index (χ2n) is 7.64. The Morgan fingerprint density at radius 1 is 0.889 bits per heavy atom. The van der Waals surface area contributed by atoms with Gasteiger partial charge in [-0.15, -0.1) is 0 Å². The number of thiocarbonyl (C=S) groups is 1. The molecule has 0 saturated carbocycles. The van der Waals surface area contributed by atoms with Crippen molar-refractivity contribution < 1.29 is 28.9 Å². The summed E-state index contributed by atoms with van der Waals surface area (Å²) in [5, 5.41) is 15.5. The molecule has 0 aliphatic carbocycles. The predicted molar refractivity (Wildman–Crippen MR) is 141 cm³/mol. The van der Waals surface area contributed by atoms with E-state index in [1.807, 2.05) is 24.3 Å². The Kier molecular flexibility index (Phi) is 9.01. The summed E-state index contributed by atoms with van der Waals surface area (Å²) >= 11 is 5.03. The van der Waals surface area contributed by atoms with Crippen LogP contribution in [-0.2, 0) is 16.1 Å². The third-order valence-electron chi connectivity index (χ3n) is 4.98. The smallest absolute Gasteiger partial charge is 0.336 e. The van der Waals surface area contributed by atoms with Crippen molar-refractivity contribution in [3.05, 3.63) is 83.4 Å². The molecule has 3 aromatic carbocycles. The minimum absolute atomic E-state index is 0.117. The summed E-state index contributed by atoms with van der Waals surface area (Å²) in [7, 11) is 3.07. The third kappa shape index (κ3) is 7.57. The maximum absolute atomic E-state index is 12.0. The first-order chi connectivity index (χ1) is 17.3. The van der Waals surface area contributed by atoms with E-state index in [1.54, 1.807) is 48.5 Å². The van der Waals surface area contributed by atoms with Gasteiger partial charge in [-0.05, 0) is 71.4 Å². The molecule has 9 heteroatoms. The molecule has 186 valence electrons. The zero-order valence-corrected chi connectivity index (χ0v) is 20.8. The maximum atomic E-state index is 12.0. The fourth-order valence-corrected chi connectivity index (χ4v) is 3.46. The normalized spacial score (nSPS) is 10.8. The summed E-state index contributed by atoms with van der Waals surface area (Å²) in [6, 6.07) is 19.3. The number of aliphatic carboxylic acids is 1. The summed E-state index contributed by atoms with van der Waals surface area (Å²) in [5.74, 6) is 1.01. The number of methoxy groups -OCH3 is 2. The van der Waals surface area contributed by atoms with Crippen LogP contribution in [0.3, 0.4) is 0 Å². The molecule has 0 heterocycles. The van der Waals surface area contributed by atoms with Gasteiger partial charge in [0.15, 0.2) is 5.11 Å². The van der Waals surface area contributed by atoms with Crippen molar-refractivity contribution in [2.24, 2.45) is 0 Å². The van der Waals surface area contributed by atoms with E-state index in [-0.39, 0.29) is 16.6 Å². The Balaban J connectivity index is 1.70. The van der Waals surface area contributed by atoms with Crippen molar-refractivity contribution in [3.8, 4) is 23.0 Å². The summed E-state index contributed by atoms with van der Waals surface area (Å²) in [4.78, 5) is 23.0. The lowest BCUT2D eigenvalue weighted by molar-refractivity contribution is -0.130. The average Bonchev–Trinajstić information content (AvgIpc) is 2.86. The molecule has 3 aromatic rings. The molecule has 3 N–H and O–H groups in total. The second kappa shape index (κ2) is 12.4. The van der Waals surface area contributed by atoms with Crippen LogP contribution < -0.4 is 24.8 Å². The number of carboxylic acids is 1. The molecule has 0 saturated heterocycles. The predicted octanol–water partition coefficient (Wildman–Crippen LogP) is 4.63. The molecule has 0 bridgehead atoms. The lowest BCUT2D eigenvalue weighted by Crippen LogP contribution is -2.37. The minimum atomic E-state index is -1.06. The number of ether oxygens (including phenoxy) is 3. The number of rotatable bonds is 9. The highest BCUT2D eigenvalue weighted by Gasteiger charge is 2.12. The minimum Gasteiger partial charge on any atom is -0.497 e. The van der Waals surface area contributed by atoms with Crippen molar-refractivity contribution >= 4 is 40.9 Å². The Labute approximate surface area is 214 Å². The summed E-state index contributed by atoms with van der Waals surface area (Å²) in [6.07, 6.45) is 1.56. The van der Waals surface area contributed by atoms with E-state index in [4.69, 9.17) is 26.4 Å². The Morgan fingerprint density at radius 3 is 1.94 bits per heavy atom. The fraction of sp³-hybridized carbons (Fsp3) is 0.148. The van der Waals surface area contributed by atoms with Crippen LogP contribution in [0.1, 0.15) is 23.6 Å². The van der Waals surface area contributed by atoms with E-state index in [9.17, 15) is 14.7 Å². The van der Waals surface area contributed by atoms with Gasteiger partial charge in [0, 0.05) is 19.5 Å². The van der Waals surface area contributed by atoms with Crippen LogP contribution in [0, 0.1) is 0 Å². The van der Waals surface area contributed by atoms with Crippen molar-refractivity contribution in [1.29, 1.82) is 0 Å². The zero-order chi connectivity index (χ0) is 26.1. The molecule has 8 nitrogen and oxygen atoms in total. The molecular formula is C27H26N2O6S. The first kappa shape index (κ1) is 26.2. The first-order valence-electron chi connectivity index (χ1n) is 10.9. The molecule has 0 aliphatic heterocycles. The standard InChI is InChI=1S/C27H26N2O6S/c1-17(30)29-27(36)28-16-18-4-8-21(9-5-18)35-22-10-6-20(7-11-22)25(26(31)32)14-19-12-23(33-2)15-24(13-19)34-3/h4-15H,16H2,1-3H3,(H,31,32)(H2,28,29,30,36). The Bertz CT molecular complexity index is 1250. The van der Waals surface area contributed by atoms with Gasteiger partial charge in [0.1, 0.15) is 23.0 Å². The monoisotopic (exact) mass is 506 g/mol. The molecule has 1 amide bonds. The third-order valence-corrected chi connectivity index (χ3v) is 5.23. The lowest BCUT2D eigenvalue weighted by Gasteiger charge is -2.10. The van der Waals surface area contributed by atoms with E-state index in [2.05, 4.69) is 10.6 Å². The molecule has 0 atom stereocenters. The van der Waals surface area contributed by atoms with Crippen LogP contribution in [0.2, 0.25) is 0 Å². The number of hydrogen-bond donors (Lipinski definition) is 3. The van der Waals surface area contributed by atoms with Crippen molar-refractivity contribution in [1.82, 2.24) is 10.6 Å². The molecule has 0 unspecified atom stereocenters. The van der Waals surface area contributed by atoms with Gasteiger partial charge in [-0.1, -0.05) is 24.3 Å². The van der Waals surface area contributed by atoms with Crippen LogP contribution in [0.15, 0.2) is 66.7 Å². The quantitative estimate of drug-likeness (QED) is 0.219. The largest absolute Gasteiger partial charge is 0.497 e. The number of nitrogens with one attached hydrogen (secondary N) is 2. The second-order valence-corrected chi connectivity index (χ2v) is 8.05. The van der Waals surface area contributed by atoms with E-state index in [0.717, 1.165) is 5.56 Å². The highest BCUT2D eigenvalue weighted by molar-refractivity contribution is 7.80. The zero-order valence-electron chi connectivity index (χ0n) is 20.0. The summed E-state index contributed by atoms with van der Waals surface area (Å²) in [5.41, 5.74) is 2.23. The number of benzene rings is 3. The summed E-state index contributed by atoms with van der Waals surface area (Å²) < 4.78 is 16.4. The highest BCUT2D eigenvalue weighted by Crippen LogP contribution is 2.28. The molecule has 0 spiro atoms. The van der Waals surface area contributed by atoms with Gasteiger partial charge in [-0.25, -0.2) is 4.79 Å². The van der Waals surface area contributed by atoms with E-state index in [0.29, 0.717) is 40.7 Å². The highest BCUT2D eigenvalue weighted by atomic mass is 32.1. The molecule has 0 aromatic heterocycles. The van der Waals surface area contributed by atoms with Crippen molar-refractivity contribution in [2.45, 2.75) is 13.5 Å². The molecule has 36 heavy (non-hydrogen) atoms. The number of carboxylic acid groups (broad SMARTS) is 1. The molecular weight excluding hydrogens is 480 g/mol. The number of carbonyl (C=O) groups excluding carboxylic acids is 1. The topological polar surface area (TPSA) is 106 Å². The molecule has 0 fully saturated rings. The van der Waals surface area contributed by atoms with Crippen LogP contribution >= 0.6 is 12.2 Å². The lowest BCUT2D eigenvalue weighted by atomic mass is 10.0. The first-order valence-corrected chi connectivity index (χ1v) is 11.3. The van der Waals surface area contributed by atoms with Crippen LogP contribution in [0.4, 0.5) is 0 Å². The average molecular weight is 507 g/mol. The maximum Gasteiger partial charge on any atom is 0.336 e. The van der Waals surface area contributed by atoms with Gasteiger partial charge in [-0.2, -0.15) is 0 Å². The molecule has 0 radical (unpaired) electrons. The van der Waals surface area contributed by atoms with Gasteiger partial charge < -0.3 is 30.0 Å². The van der Waals surface area contributed by atoms with E-state index >= 15 is 0 Å². The van der Waals surface area contributed by atoms with Gasteiger partial charge in [-0.3, -0.25) is 4.79 Å².